The molecule has 1 rings (SSSR count). The number of hydrogen-bond acceptors (Lipinski definition) is 3. The summed E-state index contributed by atoms with van der Waals surface area (Å²) < 4.78 is 0. The number of hydrogen-bond donors (Lipinski definition) is 4. The molecule has 0 radical (unpaired) electrons. The van der Waals surface area contributed by atoms with Gasteiger partial charge in [0.1, 0.15) is 6.54 Å². The number of aryl methyl sites for hydroxylation is 1. The third kappa shape index (κ3) is 7.97. The Morgan fingerprint density at radius 2 is 1.83 bits per heavy atom. The Morgan fingerprint density at radius 3 is 2.38 bits per heavy atom. The first-order valence-corrected chi connectivity index (χ1v) is 8.29. The number of carbonyl (C=O) groups excluding carboxylic acids is 1. The average Bonchev–Trinajstić information content (AvgIpc) is 2.48. The van der Waals surface area contributed by atoms with E-state index in [-0.39, 0.29) is 18.0 Å². The largest absolute Gasteiger partial charge is 0.387 e. The van der Waals surface area contributed by atoms with Gasteiger partial charge in [-0.2, -0.15) is 0 Å². The van der Waals surface area contributed by atoms with E-state index < -0.39 is 6.10 Å². The van der Waals surface area contributed by atoms with Crippen molar-refractivity contribution < 1.29 is 9.90 Å². The van der Waals surface area contributed by atoms with Crippen molar-refractivity contribution in [3.05, 3.63) is 35.4 Å². The zero-order valence-electron chi connectivity index (χ0n) is 15.3. The summed E-state index contributed by atoms with van der Waals surface area (Å²) in [6.45, 7) is 10.8. The molecule has 4 N–H and O–H groups in total. The molecule has 134 valence electrons. The van der Waals surface area contributed by atoms with Gasteiger partial charge in [-0.05, 0) is 40.2 Å². The van der Waals surface area contributed by atoms with E-state index in [2.05, 4.69) is 20.9 Å². The standard InChI is InChI=1S/C18H30N4O2/c1-6-19-17(21-12-16(24)22-18(3,4)5)20-11-15(23)14-9-7-13(2)8-10-14/h7-10,15,23H,6,11-12H2,1-5H3,(H,22,24)(H2,19,20,21). The normalized spacial score (nSPS) is 13.3. The van der Waals surface area contributed by atoms with Gasteiger partial charge >= 0.3 is 0 Å². The fraction of sp³-hybridized carbons (Fsp3) is 0.556. The number of nitrogens with one attached hydrogen (secondary N) is 3. The Hall–Kier alpha value is -2.08. The molecule has 24 heavy (non-hydrogen) atoms. The number of aliphatic hydroxyl groups excluding tert-OH is 1. The summed E-state index contributed by atoms with van der Waals surface area (Å²) in [5.74, 6) is 0.367. The molecule has 1 amide bonds. The number of aliphatic hydroxyl groups is 1. The third-order valence-electron chi connectivity index (χ3n) is 3.16. The Morgan fingerprint density at radius 1 is 1.21 bits per heavy atom. The summed E-state index contributed by atoms with van der Waals surface area (Å²) in [5.41, 5.74) is 1.72. The van der Waals surface area contributed by atoms with Gasteiger partial charge in [-0.15, -0.1) is 0 Å². The van der Waals surface area contributed by atoms with Crippen LogP contribution in [0.4, 0.5) is 0 Å². The molecule has 6 nitrogen and oxygen atoms in total. The van der Waals surface area contributed by atoms with Crippen molar-refractivity contribution in [3.63, 3.8) is 0 Å². The second kappa shape index (κ2) is 9.27. The van der Waals surface area contributed by atoms with Crippen LogP contribution in [0.5, 0.6) is 0 Å². The monoisotopic (exact) mass is 334 g/mol. The number of rotatable bonds is 6. The van der Waals surface area contributed by atoms with Gasteiger partial charge < -0.3 is 21.1 Å². The molecule has 1 unspecified atom stereocenters. The quantitative estimate of drug-likeness (QED) is 0.469. The maximum atomic E-state index is 11.8. The van der Waals surface area contributed by atoms with E-state index in [1.807, 2.05) is 58.9 Å². The predicted molar refractivity (Wildman–Crippen MR) is 98.0 cm³/mol. The smallest absolute Gasteiger partial charge is 0.242 e. The maximum absolute atomic E-state index is 11.8. The van der Waals surface area contributed by atoms with Gasteiger partial charge in [-0.25, -0.2) is 4.99 Å². The molecule has 1 atom stereocenters. The van der Waals surface area contributed by atoms with Crippen LogP contribution in [-0.2, 0) is 4.79 Å². The molecule has 0 spiro atoms. The Balaban J connectivity index is 2.57. The zero-order valence-corrected chi connectivity index (χ0v) is 15.3. The molecule has 0 heterocycles. The van der Waals surface area contributed by atoms with Crippen LogP contribution in [0.25, 0.3) is 0 Å². The van der Waals surface area contributed by atoms with Crippen LogP contribution in [0.15, 0.2) is 29.3 Å². The minimum Gasteiger partial charge on any atom is -0.387 e. The number of guanidine groups is 1. The maximum Gasteiger partial charge on any atom is 0.242 e. The molecule has 0 aliphatic heterocycles. The average molecular weight is 334 g/mol. The minimum absolute atomic E-state index is 0.0350. The van der Waals surface area contributed by atoms with Crippen molar-refractivity contribution in [2.45, 2.75) is 46.3 Å². The van der Waals surface area contributed by atoms with Gasteiger partial charge in [0.2, 0.25) is 5.91 Å². The van der Waals surface area contributed by atoms with Crippen molar-refractivity contribution in [3.8, 4) is 0 Å². The fourth-order valence-corrected chi connectivity index (χ4v) is 2.05. The van der Waals surface area contributed by atoms with Crippen LogP contribution in [0, 0.1) is 6.92 Å². The van der Waals surface area contributed by atoms with Crippen LogP contribution >= 0.6 is 0 Å². The van der Waals surface area contributed by atoms with Crippen LogP contribution in [0.3, 0.4) is 0 Å². The van der Waals surface area contributed by atoms with E-state index in [0.717, 1.165) is 11.1 Å². The predicted octanol–water partition coefficient (Wildman–Crippen LogP) is 1.50. The van der Waals surface area contributed by atoms with Crippen LogP contribution in [0.1, 0.15) is 44.9 Å². The summed E-state index contributed by atoms with van der Waals surface area (Å²) in [6, 6.07) is 7.74. The van der Waals surface area contributed by atoms with Crippen molar-refractivity contribution in [1.82, 2.24) is 16.0 Å². The molecular weight excluding hydrogens is 304 g/mol. The van der Waals surface area contributed by atoms with Crippen LogP contribution in [-0.4, -0.2) is 42.1 Å². The van der Waals surface area contributed by atoms with E-state index in [9.17, 15) is 9.90 Å². The number of carbonyl (C=O) groups is 1. The van der Waals surface area contributed by atoms with Crippen molar-refractivity contribution in [1.29, 1.82) is 0 Å². The Kier molecular flexibility index (Phi) is 7.71. The van der Waals surface area contributed by atoms with Gasteiger partial charge in [0.25, 0.3) is 0 Å². The van der Waals surface area contributed by atoms with Crippen molar-refractivity contribution >= 4 is 11.9 Å². The topological polar surface area (TPSA) is 85.8 Å². The minimum atomic E-state index is -0.641. The summed E-state index contributed by atoms with van der Waals surface area (Å²) >= 11 is 0. The summed E-state index contributed by atoms with van der Waals surface area (Å²) in [4.78, 5) is 16.1. The Bertz CT molecular complexity index is 547. The zero-order chi connectivity index (χ0) is 18.2. The van der Waals surface area contributed by atoms with Gasteiger partial charge in [0, 0.05) is 18.6 Å². The lowest BCUT2D eigenvalue weighted by atomic mass is 10.1. The number of amides is 1. The van der Waals surface area contributed by atoms with Crippen molar-refractivity contribution in [2.75, 3.05) is 19.6 Å². The first-order chi connectivity index (χ1) is 11.2. The highest BCUT2D eigenvalue weighted by atomic mass is 16.3. The fourth-order valence-electron chi connectivity index (χ4n) is 2.05. The summed E-state index contributed by atoms with van der Waals surface area (Å²) in [5, 5.41) is 19.2. The molecule has 0 aromatic heterocycles. The molecule has 0 fully saturated rings. The molecule has 0 bridgehead atoms. The molecule has 0 saturated heterocycles. The van der Waals surface area contributed by atoms with E-state index in [4.69, 9.17) is 0 Å². The van der Waals surface area contributed by atoms with Gasteiger partial charge in [-0.1, -0.05) is 29.8 Å². The lowest BCUT2D eigenvalue weighted by Crippen LogP contribution is -2.43. The third-order valence-corrected chi connectivity index (χ3v) is 3.16. The molecule has 6 heteroatoms. The number of aliphatic imine (C=N–C) groups is 1. The molecular formula is C18H30N4O2. The lowest BCUT2D eigenvalue weighted by molar-refractivity contribution is -0.121. The highest BCUT2D eigenvalue weighted by Crippen LogP contribution is 2.12. The molecule has 0 aliphatic rings. The van der Waals surface area contributed by atoms with Gasteiger partial charge in [0.05, 0.1) is 6.10 Å². The molecule has 1 aromatic carbocycles. The Labute approximate surface area is 144 Å². The van der Waals surface area contributed by atoms with Gasteiger partial charge in [0.15, 0.2) is 5.96 Å². The van der Waals surface area contributed by atoms with Crippen molar-refractivity contribution in [2.24, 2.45) is 4.99 Å². The lowest BCUT2D eigenvalue weighted by Gasteiger charge is -2.20. The summed E-state index contributed by atoms with van der Waals surface area (Å²) in [6.07, 6.45) is -0.641. The first kappa shape index (κ1) is 20.0. The second-order valence-corrected chi connectivity index (χ2v) is 6.80. The first-order valence-electron chi connectivity index (χ1n) is 8.29. The van der Waals surface area contributed by atoms with Crippen LogP contribution < -0.4 is 16.0 Å². The SMILES string of the molecule is CCNC(=NCC(=O)NC(C)(C)C)NCC(O)c1ccc(C)cc1. The molecule has 0 saturated carbocycles. The number of nitrogens with zero attached hydrogens (tertiary/aromatic N) is 1. The molecule has 1 aromatic rings. The highest BCUT2D eigenvalue weighted by molar-refractivity contribution is 5.85. The van der Waals surface area contributed by atoms with Crippen LogP contribution in [0.2, 0.25) is 0 Å². The van der Waals surface area contributed by atoms with E-state index in [1.165, 1.54) is 0 Å². The molecule has 0 aliphatic carbocycles. The van der Waals surface area contributed by atoms with Gasteiger partial charge in [-0.3, -0.25) is 4.79 Å². The summed E-state index contributed by atoms with van der Waals surface area (Å²) in [7, 11) is 0. The van der Waals surface area contributed by atoms with E-state index in [0.29, 0.717) is 19.0 Å². The second-order valence-electron chi connectivity index (χ2n) is 6.80. The van der Waals surface area contributed by atoms with E-state index >= 15 is 0 Å². The van der Waals surface area contributed by atoms with E-state index in [1.54, 1.807) is 0 Å². The number of benzene rings is 1. The highest BCUT2D eigenvalue weighted by Gasteiger charge is 2.13.